The number of rotatable bonds is 3. The Hall–Kier alpha value is -3.34. The molecule has 130 valence electrons. The summed E-state index contributed by atoms with van der Waals surface area (Å²) in [6.45, 7) is 0. The van der Waals surface area contributed by atoms with E-state index in [2.05, 4.69) is 28.2 Å². The molecule has 0 saturated carbocycles. The lowest BCUT2D eigenvalue weighted by molar-refractivity contribution is 0.397. The molecule has 0 spiro atoms. The van der Waals surface area contributed by atoms with E-state index in [1.165, 1.54) is 0 Å². The van der Waals surface area contributed by atoms with Gasteiger partial charge in [-0.05, 0) is 24.3 Å². The third-order valence-electron chi connectivity index (χ3n) is 5.05. The first kappa shape index (κ1) is 15.0. The smallest absolute Gasteiger partial charge is 0.146 e. The maximum atomic E-state index is 5.56. The molecule has 26 heavy (non-hydrogen) atoms. The zero-order chi connectivity index (χ0) is 17.8. The second-order valence-corrected chi connectivity index (χ2v) is 6.32. The van der Waals surface area contributed by atoms with E-state index < -0.39 is 0 Å². The second kappa shape index (κ2) is 5.33. The predicted molar refractivity (Wildman–Crippen MR) is 105 cm³/mol. The molecular formula is C21H18N2O3. The number of ether oxygens (including phenoxy) is 3. The van der Waals surface area contributed by atoms with Crippen molar-refractivity contribution in [2.24, 2.45) is 0 Å². The van der Waals surface area contributed by atoms with Crippen LogP contribution in [-0.2, 0) is 0 Å². The Balaban J connectivity index is 1.93. The van der Waals surface area contributed by atoms with E-state index >= 15 is 0 Å². The topological polar surface area (TPSA) is 59.3 Å². The van der Waals surface area contributed by atoms with E-state index in [9.17, 15) is 0 Å². The van der Waals surface area contributed by atoms with Crippen LogP contribution in [0, 0.1) is 0 Å². The quantitative estimate of drug-likeness (QED) is 0.484. The first-order valence-corrected chi connectivity index (χ1v) is 8.39. The molecule has 3 aromatic carbocycles. The van der Waals surface area contributed by atoms with Crippen LogP contribution in [-0.4, -0.2) is 31.3 Å². The minimum Gasteiger partial charge on any atom is -0.497 e. The number of hydrogen-bond donors (Lipinski definition) is 2. The van der Waals surface area contributed by atoms with Crippen LogP contribution in [0.25, 0.3) is 43.6 Å². The fourth-order valence-corrected chi connectivity index (χ4v) is 3.76. The fraction of sp³-hybridized carbons (Fsp3) is 0.143. The zero-order valence-corrected chi connectivity index (χ0v) is 14.8. The van der Waals surface area contributed by atoms with Gasteiger partial charge in [0, 0.05) is 33.1 Å². The van der Waals surface area contributed by atoms with Gasteiger partial charge < -0.3 is 24.2 Å². The fourth-order valence-electron chi connectivity index (χ4n) is 3.76. The van der Waals surface area contributed by atoms with E-state index in [4.69, 9.17) is 14.2 Å². The molecule has 0 radical (unpaired) electrons. The third-order valence-corrected chi connectivity index (χ3v) is 5.05. The highest BCUT2D eigenvalue weighted by Crippen LogP contribution is 2.39. The Bertz CT molecular complexity index is 1300. The summed E-state index contributed by atoms with van der Waals surface area (Å²) in [7, 11) is 5.02. The monoisotopic (exact) mass is 346 g/mol. The van der Waals surface area contributed by atoms with Crippen LogP contribution in [0.1, 0.15) is 0 Å². The molecule has 0 saturated heterocycles. The van der Waals surface area contributed by atoms with Crippen LogP contribution in [0.15, 0.2) is 42.5 Å². The Labute approximate surface area is 149 Å². The van der Waals surface area contributed by atoms with Crippen molar-refractivity contribution in [2.75, 3.05) is 21.3 Å². The van der Waals surface area contributed by atoms with E-state index in [1.807, 2.05) is 24.3 Å². The lowest BCUT2D eigenvalue weighted by Crippen LogP contribution is -1.87. The first-order valence-electron chi connectivity index (χ1n) is 8.39. The van der Waals surface area contributed by atoms with Gasteiger partial charge >= 0.3 is 0 Å². The molecule has 5 heteroatoms. The summed E-state index contributed by atoms with van der Waals surface area (Å²) in [5.41, 5.74) is 4.17. The van der Waals surface area contributed by atoms with Crippen LogP contribution < -0.4 is 14.2 Å². The molecule has 5 rings (SSSR count). The molecule has 2 N–H and O–H groups in total. The molecule has 0 atom stereocenters. The maximum Gasteiger partial charge on any atom is 0.146 e. The van der Waals surface area contributed by atoms with Gasteiger partial charge in [-0.3, -0.25) is 0 Å². The van der Waals surface area contributed by atoms with Gasteiger partial charge in [0.05, 0.1) is 37.9 Å². The van der Waals surface area contributed by atoms with E-state index in [0.717, 1.165) is 60.9 Å². The molecular weight excluding hydrogens is 328 g/mol. The highest BCUT2D eigenvalue weighted by Gasteiger charge is 2.15. The first-order chi connectivity index (χ1) is 12.7. The van der Waals surface area contributed by atoms with E-state index in [0.29, 0.717) is 0 Å². The minimum absolute atomic E-state index is 0.765. The molecule has 0 amide bonds. The second-order valence-electron chi connectivity index (χ2n) is 6.32. The van der Waals surface area contributed by atoms with Gasteiger partial charge in [0.15, 0.2) is 0 Å². The summed E-state index contributed by atoms with van der Waals surface area (Å²) in [6, 6.07) is 14.3. The van der Waals surface area contributed by atoms with Gasteiger partial charge in [0.25, 0.3) is 0 Å². The van der Waals surface area contributed by atoms with E-state index in [1.54, 1.807) is 21.3 Å². The van der Waals surface area contributed by atoms with E-state index in [-0.39, 0.29) is 0 Å². The largest absolute Gasteiger partial charge is 0.497 e. The molecule has 0 aliphatic carbocycles. The number of aromatic amines is 2. The average molecular weight is 346 g/mol. The van der Waals surface area contributed by atoms with Crippen molar-refractivity contribution in [1.29, 1.82) is 0 Å². The lowest BCUT2D eigenvalue weighted by atomic mass is 10.1. The van der Waals surface area contributed by atoms with Crippen LogP contribution >= 0.6 is 0 Å². The summed E-state index contributed by atoms with van der Waals surface area (Å²) in [4.78, 5) is 7.08. The summed E-state index contributed by atoms with van der Waals surface area (Å²) in [6.07, 6.45) is 0. The normalized spacial score (nSPS) is 11.7. The molecule has 5 aromatic rings. The van der Waals surface area contributed by atoms with Crippen molar-refractivity contribution >= 4 is 43.6 Å². The summed E-state index contributed by atoms with van der Waals surface area (Å²) < 4.78 is 16.4. The third kappa shape index (κ3) is 1.91. The molecule has 0 aliphatic heterocycles. The molecule has 2 aromatic heterocycles. The number of hydrogen-bond acceptors (Lipinski definition) is 3. The van der Waals surface area contributed by atoms with Crippen LogP contribution in [0.2, 0.25) is 0 Å². The molecule has 0 bridgehead atoms. The molecule has 2 heterocycles. The van der Waals surface area contributed by atoms with Gasteiger partial charge in [-0.25, -0.2) is 0 Å². The van der Waals surface area contributed by atoms with Crippen LogP contribution in [0.5, 0.6) is 17.2 Å². The van der Waals surface area contributed by atoms with Gasteiger partial charge in [-0.15, -0.1) is 0 Å². The number of benzene rings is 3. The van der Waals surface area contributed by atoms with Crippen molar-refractivity contribution in [2.45, 2.75) is 0 Å². The van der Waals surface area contributed by atoms with Crippen LogP contribution in [0.4, 0.5) is 0 Å². The van der Waals surface area contributed by atoms with Crippen molar-refractivity contribution in [3.8, 4) is 17.2 Å². The minimum atomic E-state index is 0.765. The summed E-state index contributed by atoms with van der Waals surface area (Å²) in [5.74, 6) is 2.39. The number of H-pyrrole nitrogens is 2. The average Bonchev–Trinajstić information content (AvgIpc) is 3.24. The molecule has 0 fully saturated rings. The van der Waals surface area contributed by atoms with Gasteiger partial charge in [0.1, 0.15) is 17.2 Å². The Kier molecular flexibility index (Phi) is 3.06. The summed E-state index contributed by atoms with van der Waals surface area (Å²) >= 11 is 0. The van der Waals surface area contributed by atoms with Gasteiger partial charge in [-0.2, -0.15) is 0 Å². The number of methoxy groups -OCH3 is 3. The summed E-state index contributed by atoms with van der Waals surface area (Å²) in [5, 5.41) is 4.51. The van der Waals surface area contributed by atoms with Crippen molar-refractivity contribution in [3.63, 3.8) is 0 Å². The van der Waals surface area contributed by atoms with Gasteiger partial charge in [-0.1, -0.05) is 12.1 Å². The number of aromatic nitrogens is 2. The number of fused-ring (bicyclic) bond motifs is 7. The van der Waals surface area contributed by atoms with Crippen LogP contribution in [0.3, 0.4) is 0 Å². The van der Waals surface area contributed by atoms with Gasteiger partial charge in [0.2, 0.25) is 0 Å². The molecule has 5 nitrogen and oxygen atoms in total. The standard InChI is InChI=1S/C21H18N2O3/c1-24-11-4-7-17-15(8-11)13-5-6-14-16-9-12(25-2)10-18(26-3)19(16)23-21(14)20(13)22-17/h4-10,22-23H,1-3H3. The Morgan fingerprint density at radius 3 is 2.00 bits per heavy atom. The lowest BCUT2D eigenvalue weighted by Gasteiger charge is -2.05. The zero-order valence-electron chi connectivity index (χ0n) is 14.8. The Morgan fingerprint density at radius 2 is 1.27 bits per heavy atom. The SMILES string of the molecule is COc1ccc2[nH]c3c(ccc4c5cc(OC)cc(OC)c5[nH]c43)c2c1. The van der Waals surface area contributed by atoms with Crippen molar-refractivity contribution in [3.05, 3.63) is 42.5 Å². The Morgan fingerprint density at radius 1 is 0.577 bits per heavy atom. The van der Waals surface area contributed by atoms with Crippen molar-refractivity contribution < 1.29 is 14.2 Å². The number of nitrogens with one attached hydrogen (secondary N) is 2. The molecule has 0 unspecified atom stereocenters. The highest BCUT2D eigenvalue weighted by molar-refractivity contribution is 6.22. The molecule has 0 aliphatic rings. The van der Waals surface area contributed by atoms with Crippen molar-refractivity contribution in [1.82, 2.24) is 9.97 Å². The highest BCUT2D eigenvalue weighted by atomic mass is 16.5. The predicted octanol–water partition coefficient (Wildman–Crippen LogP) is 4.98. The maximum absolute atomic E-state index is 5.56.